The van der Waals surface area contributed by atoms with E-state index in [0.29, 0.717) is 0 Å². The van der Waals surface area contributed by atoms with Gasteiger partial charge in [0.05, 0.1) is 11.7 Å². The van der Waals surface area contributed by atoms with E-state index < -0.39 is 0 Å². The van der Waals surface area contributed by atoms with E-state index in [2.05, 4.69) is 5.32 Å². The fourth-order valence-electron chi connectivity index (χ4n) is 2.67. The predicted octanol–water partition coefficient (Wildman–Crippen LogP) is 3.06. The predicted molar refractivity (Wildman–Crippen MR) is 77.4 cm³/mol. The number of hydrogen-bond acceptors (Lipinski definition) is 2. The van der Waals surface area contributed by atoms with Gasteiger partial charge in [0.15, 0.2) is 0 Å². The molecular formula is C17H19NO2. The van der Waals surface area contributed by atoms with Crippen molar-refractivity contribution >= 4 is 5.91 Å². The summed E-state index contributed by atoms with van der Waals surface area (Å²) >= 11 is 0. The number of furan rings is 1. The van der Waals surface area contributed by atoms with Gasteiger partial charge in [-0.05, 0) is 37.5 Å². The Labute approximate surface area is 119 Å². The second-order valence-corrected chi connectivity index (χ2v) is 5.61. The van der Waals surface area contributed by atoms with Gasteiger partial charge in [-0.2, -0.15) is 0 Å². The van der Waals surface area contributed by atoms with Crippen molar-refractivity contribution < 1.29 is 9.21 Å². The molecule has 3 nitrogen and oxygen atoms in total. The number of nitrogens with one attached hydrogen (secondary N) is 1. The zero-order valence-electron chi connectivity index (χ0n) is 11.6. The summed E-state index contributed by atoms with van der Waals surface area (Å²) in [5.41, 5.74) is 0.835. The van der Waals surface area contributed by atoms with Crippen LogP contribution >= 0.6 is 0 Å². The van der Waals surface area contributed by atoms with E-state index in [-0.39, 0.29) is 17.4 Å². The van der Waals surface area contributed by atoms with E-state index in [1.54, 1.807) is 6.26 Å². The van der Waals surface area contributed by atoms with Gasteiger partial charge in [0.2, 0.25) is 5.91 Å². The van der Waals surface area contributed by atoms with Gasteiger partial charge in [-0.3, -0.25) is 4.79 Å². The molecule has 1 saturated carbocycles. The molecule has 1 N–H and O–H groups in total. The number of hydrogen-bond donors (Lipinski definition) is 1. The highest BCUT2D eigenvalue weighted by atomic mass is 16.3. The Hall–Kier alpha value is -2.03. The SMILES string of the molecule is C[C@@H](Cc1ccco1)NC(=O)C1(c2ccccc2)CC1. The van der Waals surface area contributed by atoms with Crippen LogP contribution in [0.4, 0.5) is 0 Å². The lowest BCUT2D eigenvalue weighted by Gasteiger charge is -2.19. The Balaban J connectivity index is 1.65. The second-order valence-electron chi connectivity index (χ2n) is 5.61. The van der Waals surface area contributed by atoms with Crippen LogP contribution in [0.15, 0.2) is 53.1 Å². The van der Waals surface area contributed by atoms with Gasteiger partial charge in [0.25, 0.3) is 0 Å². The molecule has 2 aromatic rings. The molecule has 1 aromatic heterocycles. The van der Waals surface area contributed by atoms with Crippen LogP contribution in [0.25, 0.3) is 0 Å². The Morgan fingerprint density at radius 2 is 2.00 bits per heavy atom. The van der Waals surface area contributed by atoms with Crippen LogP contribution < -0.4 is 5.32 Å². The third kappa shape index (κ3) is 2.48. The molecule has 1 amide bonds. The Kier molecular flexibility index (Phi) is 3.35. The van der Waals surface area contributed by atoms with Gasteiger partial charge in [0, 0.05) is 12.5 Å². The maximum Gasteiger partial charge on any atom is 0.230 e. The maximum absolute atomic E-state index is 12.5. The van der Waals surface area contributed by atoms with Crippen molar-refractivity contribution in [2.75, 3.05) is 0 Å². The van der Waals surface area contributed by atoms with Crippen LogP contribution in [0.1, 0.15) is 31.1 Å². The Morgan fingerprint density at radius 3 is 2.60 bits per heavy atom. The molecule has 0 bridgehead atoms. The second kappa shape index (κ2) is 5.16. The van der Waals surface area contributed by atoms with Gasteiger partial charge in [-0.1, -0.05) is 30.3 Å². The van der Waals surface area contributed by atoms with Gasteiger partial charge in [-0.15, -0.1) is 0 Å². The van der Waals surface area contributed by atoms with Crippen molar-refractivity contribution in [1.82, 2.24) is 5.32 Å². The summed E-state index contributed by atoms with van der Waals surface area (Å²) < 4.78 is 5.32. The normalized spacial score (nSPS) is 17.4. The molecule has 3 heteroatoms. The lowest BCUT2D eigenvalue weighted by molar-refractivity contribution is -0.124. The lowest BCUT2D eigenvalue weighted by Crippen LogP contribution is -2.41. The fraction of sp³-hybridized carbons (Fsp3) is 0.353. The van der Waals surface area contributed by atoms with Crippen molar-refractivity contribution in [1.29, 1.82) is 0 Å². The molecule has 1 fully saturated rings. The summed E-state index contributed by atoms with van der Waals surface area (Å²) in [5.74, 6) is 1.05. The first-order chi connectivity index (χ1) is 9.71. The van der Waals surface area contributed by atoms with Crippen LogP contribution in [0.2, 0.25) is 0 Å². The maximum atomic E-state index is 12.5. The van der Waals surface area contributed by atoms with Crippen molar-refractivity contribution in [3.63, 3.8) is 0 Å². The van der Waals surface area contributed by atoms with Crippen molar-refractivity contribution in [3.05, 3.63) is 60.1 Å². The summed E-state index contributed by atoms with van der Waals surface area (Å²) in [6, 6.07) is 14.0. The highest BCUT2D eigenvalue weighted by Gasteiger charge is 2.51. The van der Waals surface area contributed by atoms with E-state index in [1.165, 1.54) is 0 Å². The average Bonchev–Trinajstić information content (AvgIpc) is 3.13. The van der Waals surface area contributed by atoms with Gasteiger partial charge in [-0.25, -0.2) is 0 Å². The van der Waals surface area contributed by atoms with Gasteiger partial charge >= 0.3 is 0 Å². The molecule has 1 aromatic carbocycles. The van der Waals surface area contributed by atoms with Crippen molar-refractivity contribution in [3.8, 4) is 0 Å². The van der Waals surface area contributed by atoms with Gasteiger partial charge < -0.3 is 9.73 Å². The number of benzene rings is 1. The number of carbonyl (C=O) groups is 1. The quantitative estimate of drug-likeness (QED) is 0.906. The monoisotopic (exact) mass is 269 g/mol. The van der Waals surface area contributed by atoms with E-state index in [9.17, 15) is 4.79 Å². The number of rotatable bonds is 5. The summed E-state index contributed by atoms with van der Waals surface area (Å²) in [6.45, 7) is 2.02. The molecule has 0 radical (unpaired) electrons. The van der Waals surface area contributed by atoms with E-state index in [0.717, 1.165) is 30.6 Å². The molecule has 1 heterocycles. The van der Waals surface area contributed by atoms with Crippen LogP contribution in [-0.4, -0.2) is 11.9 Å². The molecule has 0 spiro atoms. The summed E-state index contributed by atoms with van der Waals surface area (Å²) in [7, 11) is 0. The smallest absolute Gasteiger partial charge is 0.230 e. The first kappa shape index (κ1) is 13.0. The van der Waals surface area contributed by atoms with Crippen LogP contribution in [-0.2, 0) is 16.6 Å². The lowest BCUT2D eigenvalue weighted by atomic mass is 9.94. The standard InChI is InChI=1S/C17H19NO2/c1-13(12-15-8-5-11-20-15)18-16(19)17(9-10-17)14-6-3-2-4-7-14/h2-8,11,13H,9-10,12H2,1H3,(H,18,19)/t13-/m0/s1. The van der Waals surface area contributed by atoms with Crippen molar-refractivity contribution in [2.45, 2.75) is 37.6 Å². The van der Waals surface area contributed by atoms with E-state index >= 15 is 0 Å². The minimum atomic E-state index is -0.293. The first-order valence-electron chi connectivity index (χ1n) is 7.09. The minimum Gasteiger partial charge on any atom is -0.469 e. The van der Waals surface area contributed by atoms with Crippen molar-refractivity contribution in [2.24, 2.45) is 0 Å². The minimum absolute atomic E-state index is 0.0786. The molecule has 1 aliphatic rings. The molecule has 1 aliphatic carbocycles. The summed E-state index contributed by atoms with van der Waals surface area (Å²) in [4.78, 5) is 12.5. The molecule has 3 rings (SSSR count). The zero-order valence-corrected chi connectivity index (χ0v) is 11.6. The van der Waals surface area contributed by atoms with Crippen LogP contribution in [0.3, 0.4) is 0 Å². The fourth-order valence-corrected chi connectivity index (χ4v) is 2.67. The molecule has 104 valence electrons. The van der Waals surface area contributed by atoms with E-state index in [4.69, 9.17) is 4.42 Å². The van der Waals surface area contributed by atoms with Crippen LogP contribution in [0.5, 0.6) is 0 Å². The molecule has 0 aliphatic heterocycles. The Bertz CT molecular complexity index is 570. The molecular weight excluding hydrogens is 250 g/mol. The topological polar surface area (TPSA) is 42.2 Å². The van der Waals surface area contributed by atoms with E-state index in [1.807, 2.05) is 49.4 Å². The first-order valence-corrected chi connectivity index (χ1v) is 7.09. The van der Waals surface area contributed by atoms with Crippen LogP contribution in [0, 0.1) is 0 Å². The number of carbonyl (C=O) groups excluding carboxylic acids is 1. The zero-order chi connectivity index (χ0) is 14.0. The molecule has 0 unspecified atom stereocenters. The van der Waals surface area contributed by atoms with Gasteiger partial charge in [0.1, 0.15) is 5.76 Å². The highest BCUT2D eigenvalue weighted by molar-refractivity contribution is 5.91. The molecule has 1 atom stereocenters. The third-order valence-electron chi connectivity index (χ3n) is 3.98. The summed E-state index contributed by atoms with van der Waals surface area (Å²) in [6.07, 6.45) is 4.27. The number of amides is 1. The molecule has 20 heavy (non-hydrogen) atoms. The largest absolute Gasteiger partial charge is 0.469 e. The summed E-state index contributed by atoms with van der Waals surface area (Å²) in [5, 5.41) is 3.12. The Morgan fingerprint density at radius 1 is 1.25 bits per heavy atom. The highest BCUT2D eigenvalue weighted by Crippen LogP contribution is 2.48. The molecule has 0 saturated heterocycles. The average molecular weight is 269 g/mol. The third-order valence-corrected chi connectivity index (χ3v) is 3.98.